The van der Waals surface area contributed by atoms with Gasteiger partial charge in [0.2, 0.25) is 5.89 Å². The zero-order valence-corrected chi connectivity index (χ0v) is 12.6. The SMILES string of the molecule is CCCC(CCN)CCc1nc(CCOCC(F)F)no1. The van der Waals surface area contributed by atoms with Gasteiger partial charge in [-0.25, -0.2) is 8.78 Å². The van der Waals surface area contributed by atoms with Gasteiger partial charge in [-0.3, -0.25) is 0 Å². The van der Waals surface area contributed by atoms with Crippen LogP contribution in [0.5, 0.6) is 0 Å². The van der Waals surface area contributed by atoms with Gasteiger partial charge in [0.15, 0.2) is 5.82 Å². The zero-order valence-electron chi connectivity index (χ0n) is 12.6. The Hall–Kier alpha value is -1.08. The first kappa shape index (κ1) is 18.0. The summed E-state index contributed by atoms with van der Waals surface area (Å²) in [6, 6.07) is 0. The van der Waals surface area contributed by atoms with Crippen molar-refractivity contribution >= 4 is 0 Å². The molecule has 0 aliphatic heterocycles. The van der Waals surface area contributed by atoms with Crippen LogP contribution in [0.25, 0.3) is 0 Å². The highest BCUT2D eigenvalue weighted by Crippen LogP contribution is 2.17. The topological polar surface area (TPSA) is 74.2 Å². The summed E-state index contributed by atoms with van der Waals surface area (Å²) in [7, 11) is 0. The van der Waals surface area contributed by atoms with Crippen LogP contribution < -0.4 is 5.73 Å². The van der Waals surface area contributed by atoms with Crippen molar-refractivity contribution in [3.8, 4) is 0 Å². The molecule has 0 aliphatic rings. The molecule has 0 fully saturated rings. The molecule has 2 N–H and O–H groups in total. The largest absolute Gasteiger partial charge is 0.375 e. The van der Waals surface area contributed by atoms with E-state index in [4.69, 9.17) is 15.0 Å². The monoisotopic (exact) mass is 305 g/mol. The highest BCUT2D eigenvalue weighted by atomic mass is 19.3. The molecule has 7 heteroatoms. The van der Waals surface area contributed by atoms with Crippen LogP contribution in [-0.4, -0.2) is 36.3 Å². The molecule has 5 nitrogen and oxygen atoms in total. The lowest BCUT2D eigenvalue weighted by Gasteiger charge is -2.13. The van der Waals surface area contributed by atoms with E-state index in [1.165, 1.54) is 0 Å². The summed E-state index contributed by atoms with van der Waals surface area (Å²) in [5.41, 5.74) is 5.60. The first-order valence-electron chi connectivity index (χ1n) is 7.53. The number of nitrogens with two attached hydrogens (primary N) is 1. The number of alkyl halides is 2. The second kappa shape index (κ2) is 10.6. The minimum Gasteiger partial charge on any atom is -0.375 e. The number of nitrogens with zero attached hydrogens (tertiary/aromatic N) is 2. The van der Waals surface area contributed by atoms with Crippen LogP contribution >= 0.6 is 0 Å². The second-order valence-electron chi connectivity index (χ2n) is 5.09. The number of aryl methyl sites for hydroxylation is 1. The molecule has 0 radical (unpaired) electrons. The van der Waals surface area contributed by atoms with Gasteiger partial charge in [0.25, 0.3) is 6.43 Å². The predicted octanol–water partition coefficient (Wildman–Crippen LogP) is 2.59. The fourth-order valence-electron chi connectivity index (χ4n) is 2.23. The van der Waals surface area contributed by atoms with E-state index < -0.39 is 13.0 Å². The maximum atomic E-state index is 11.9. The molecule has 0 saturated heterocycles. The van der Waals surface area contributed by atoms with Crippen LogP contribution in [0.4, 0.5) is 8.78 Å². The van der Waals surface area contributed by atoms with E-state index in [2.05, 4.69) is 17.1 Å². The Morgan fingerprint density at radius 3 is 2.71 bits per heavy atom. The van der Waals surface area contributed by atoms with E-state index in [0.29, 0.717) is 30.6 Å². The van der Waals surface area contributed by atoms with Gasteiger partial charge in [0.1, 0.15) is 6.61 Å². The first-order chi connectivity index (χ1) is 10.2. The van der Waals surface area contributed by atoms with Crippen LogP contribution in [0.2, 0.25) is 0 Å². The Bertz CT molecular complexity index is 369. The highest BCUT2D eigenvalue weighted by molar-refractivity contribution is 4.87. The summed E-state index contributed by atoms with van der Waals surface area (Å²) in [6.07, 6.45) is 2.96. The number of hydrogen-bond acceptors (Lipinski definition) is 5. The predicted molar refractivity (Wildman–Crippen MR) is 75.2 cm³/mol. The highest BCUT2D eigenvalue weighted by Gasteiger charge is 2.11. The molecule has 0 bridgehead atoms. The third kappa shape index (κ3) is 8.06. The molecule has 0 spiro atoms. The number of halogens is 2. The maximum absolute atomic E-state index is 11.9. The molecule has 0 amide bonds. The fourth-order valence-corrected chi connectivity index (χ4v) is 2.23. The molecule has 1 rings (SSSR count). The van der Waals surface area contributed by atoms with Gasteiger partial charge in [0, 0.05) is 12.8 Å². The average molecular weight is 305 g/mol. The zero-order chi connectivity index (χ0) is 15.5. The van der Waals surface area contributed by atoms with Crippen molar-refractivity contribution in [1.29, 1.82) is 0 Å². The van der Waals surface area contributed by atoms with Crippen LogP contribution in [0.15, 0.2) is 4.52 Å². The molecule has 1 atom stereocenters. The van der Waals surface area contributed by atoms with Gasteiger partial charge in [0.05, 0.1) is 6.61 Å². The summed E-state index contributed by atoms with van der Waals surface area (Å²) < 4.78 is 33.7. The summed E-state index contributed by atoms with van der Waals surface area (Å²) >= 11 is 0. The quantitative estimate of drug-likeness (QED) is 0.601. The molecule has 1 aromatic rings. The second-order valence-corrected chi connectivity index (χ2v) is 5.09. The lowest BCUT2D eigenvalue weighted by molar-refractivity contribution is 0.0182. The third-order valence-corrected chi connectivity index (χ3v) is 3.26. The summed E-state index contributed by atoms with van der Waals surface area (Å²) in [5.74, 6) is 1.69. The molecular formula is C14H25F2N3O2. The van der Waals surface area contributed by atoms with Crippen molar-refractivity contribution in [2.75, 3.05) is 19.8 Å². The van der Waals surface area contributed by atoms with Crippen LogP contribution in [-0.2, 0) is 17.6 Å². The van der Waals surface area contributed by atoms with E-state index in [1.807, 2.05) is 0 Å². The van der Waals surface area contributed by atoms with Crippen molar-refractivity contribution in [3.63, 3.8) is 0 Å². The number of ether oxygens (including phenoxy) is 1. The lowest BCUT2D eigenvalue weighted by atomic mass is 9.94. The van der Waals surface area contributed by atoms with Gasteiger partial charge in [-0.2, -0.15) is 4.98 Å². The Morgan fingerprint density at radius 2 is 2.05 bits per heavy atom. The van der Waals surface area contributed by atoms with Gasteiger partial charge in [-0.15, -0.1) is 0 Å². The average Bonchev–Trinajstić information content (AvgIpc) is 2.89. The standard InChI is InChI=1S/C14H25F2N3O2/c1-2-3-11(6-8-17)4-5-14-18-13(19-21-14)7-9-20-10-12(15)16/h11-12H,2-10,17H2,1H3. The smallest absolute Gasteiger partial charge is 0.261 e. The van der Waals surface area contributed by atoms with Gasteiger partial charge in [-0.05, 0) is 25.3 Å². The summed E-state index contributed by atoms with van der Waals surface area (Å²) in [4.78, 5) is 4.24. The van der Waals surface area contributed by atoms with E-state index >= 15 is 0 Å². The molecule has 0 saturated carbocycles. The van der Waals surface area contributed by atoms with Crippen molar-refractivity contribution in [3.05, 3.63) is 11.7 Å². The Balaban J connectivity index is 2.27. The minimum absolute atomic E-state index is 0.176. The number of hydrogen-bond donors (Lipinski definition) is 1. The minimum atomic E-state index is -2.44. The molecule has 0 aromatic carbocycles. The van der Waals surface area contributed by atoms with Crippen molar-refractivity contribution < 1.29 is 18.0 Å². The van der Waals surface area contributed by atoms with E-state index in [-0.39, 0.29) is 6.61 Å². The summed E-state index contributed by atoms with van der Waals surface area (Å²) in [6.45, 7) is 2.48. The lowest BCUT2D eigenvalue weighted by Crippen LogP contribution is -2.10. The maximum Gasteiger partial charge on any atom is 0.261 e. The third-order valence-electron chi connectivity index (χ3n) is 3.26. The Morgan fingerprint density at radius 1 is 1.24 bits per heavy atom. The molecule has 21 heavy (non-hydrogen) atoms. The van der Waals surface area contributed by atoms with Gasteiger partial charge >= 0.3 is 0 Å². The molecule has 1 aromatic heterocycles. The van der Waals surface area contributed by atoms with Crippen LogP contribution in [0, 0.1) is 5.92 Å². The van der Waals surface area contributed by atoms with E-state index in [9.17, 15) is 8.78 Å². The van der Waals surface area contributed by atoms with Gasteiger partial charge < -0.3 is 15.0 Å². The summed E-state index contributed by atoms with van der Waals surface area (Å²) in [5, 5.41) is 3.82. The molecule has 1 heterocycles. The van der Waals surface area contributed by atoms with Crippen LogP contribution in [0.3, 0.4) is 0 Å². The van der Waals surface area contributed by atoms with Crippen molar-refractivity contribution in [2.45, 2.75) is 51.9 Å². The first-order valence-corrected chi connectivity index (χ1v) is 7.53. The van der Waals surface area contributed by atoms with Crippen LogP contribution in [0.1, 0.15) is 44.3 Å². The van der Waals surface area contributed by atoms with Crippen molar-refractivity contribution in [2.24, 2.45) is 11.7 Å². The number of aromatic nitrogens is 2. The molecule has 1 unspecified atom stereocenters. The molecular weight excluding hydrogens is 280 g/mol. The normalized spacial score (nSPS) is 13.0. The van der Waals surface area contributed by atoms with Gasteiger partial charge in [-0.1, -0.05) is 24.9 Å². The Kier molecular flexibility index (Phi) is 9.09. The van der Waals surface area contributed by atoms with Crippen molar-refractivity contribution in [1.82, 2.24) is 10.1 Å². The number of rotatable bonds is 12. The van der Waals surface area contributed by atoms with E-state index in [1.54, 1.807) is 0 Å². The molecule has 122 valence electrons. The Labute approximate surface area is 124 Å². The van der Waals surface area contributed by atoms with E-state index in [0.717, 1.165) is 32.1 Å². The molecule has 0 aliphatic carbocycles. The fraction of sp³-hybridized carbons (Fsp3) is 0.857.